The largest absolute Gasteiger partial charge is 0.325 e. The number of nitrogens with zero attached hydrogens (tertiary/aromatic N) is 2. The summed E-state index contributed by atoms with van der Waals surface area (Å²) in [5, 5.41) is 2.32. The summed E-state index contributed by atoms with van der Waals surface area (Å²) < 4.78 is 0. The number of hydrogen-bond acceptors (Lipinski definition) is 5. The number of carbonyl (C=O) groups excluding carboxylic acids is 3. The Hall–Kier alpha value is -2.25. The Morgan fingerprint density at radius 3 is 2.71 bits per heavy atom. The van der Waals surface area contributed by atoms with Crippen LogP contribution in [0.4, 0.5) is 0 Å². The third-order valence-electron chi connectivity index (χ3n) is 4.98. The van der Waals surface area contributed by atoms with Gasteiger partial charge in [0.2, 0.25) is 11.8 Å². The zero-order valence-electron chi connectivity index (χ0n) is 13.3. The highest BCUT2D eigenvalue weighted by Gasteiger charge is 2.39. The van der Waals surface area contributed by atoms with Crippen molar-refractivity contribution in [1.29, 1.82) is 0 Å². The van der Waals surface area contributed by atoms with Crippen LogP contribution >= 0.6 is 0 Å². The molecule has 3 N–H and O–H groups in total. The van der Waals surface area contributed by atoms with E-state index in [2.05, 4.69) is 10.2 Å². The molecule has 1 aromatic carbocycles. The number of likely N-dealkylation sites (tertiary alicyclic amines) is 1. The number of nitrogens with two attached hydrogens (primary N) is 1. The van der Waals surface area contributed by atoms with Crippen LogP contribution in [0.1, 0.15) is 34.3 Å². The molecule has 1 unspecified atom stereocenters. The van der Waals surface area contributed by atoms with E-state index >= 15 is 0 Å². The van der Waals surface area contributed by atoms with Gasteiger partial charge in [-0.3, -0.25) is 24.6 Å². The minimum atomic E-state index is -0.556. The number of amides is 3. The van der Waals surface area contributed by atoms with Gasteiger partial charge in [-0.2, -0.15) is 0 Å². The van der Waals surface area contributed by atoms with Crippen molar-refractivity contribution in [3.63, 3.8) is 0 Å². The van der Waals surface area contributed by atoms with Crippen LogP contribution in [0.15, 0.2) is 18.2 Å². The van der Waals surface area contributed by atoms with Gasteiger partial charge in [0.1, 0.15) is 6.04 Å². The van der Waals surface area contributed by atoms with Gasteiger partial charge in [-0.15, -0.1) is 0 Å². The summed E-state index contributed by atoms with van der Waals surface area (Å²) in [7, 11) is 0. The third-order valence-corrected chi connectivity index (χ3v) is 4.98. The van der Waals surface area contributed by atoms with Crippen LogP contribution in [-0.2, 0) is 22.7 Å². The first-order chi connectivity index (χ1) is 11.5. The molecule has 0 radical (unpaired) electrons. The van der Waals surface area contributed by atoms with Crippen LogP contribution in [0, 0.1) is 0 Å². The summed E-state index contributed by atoms with van der Waals surface area (Å²) in [6, 6.07) is 5.57. The Morgan fingerprint density at radius 2 is 2.00 bits per heavy atom. The first kappa shape index (κ1) is 15.3. The van der Waals surface area contributed by atoms with Gasteiger partial charge in [0.25, 0.3) is 5.91 Å². The number of benzene rings is 1. The van der Waals surface area contributed by atoms with Gasteiger partial charge < -0.3 is 10.6 Å². The van der Waals surface area contributed by atoms with Gasteiger partial charge in [0.05, 0.1) is 0 Å². The van der Waals surface area contributed by atoms with E-state index in [9.17, 15) is 14.4 Å². The second kappa shape index (κ2) is 5.68. The van der Waals surface area contributed by atoms with E-state index in [0.717, 1.165) is 30.8 Å². The van der Waals surface area contributed by atoms with Gasteiger partial charge in [-0.1, -0.05) is 12.1 Å². The van der Waals surface area contributed by atoms with E-state index in [1.807, 2.05) is 18.2 Å². The van der Waals surface area contributed by atoms with Gasteiger partial charge >= 0.3 is 0 Å². The standard InChI is InChI=1S/C17H20N4O3/c18-12-8-20(9-12)6-10-1-2-13-11(5-10)7-21(17(13)24)14-3-4-15(22)19-16(14)23/h1-2,5,12,14H,3-4,6-9,18H2,(H,19,22,23). The van der Waals surface area contributed by atoms with Crippen molar-refractivity contribution in [2.45, 2.75) is 38.0 Å². The van der Waals surface area contributed by atoms with Crippen molar-refractivity contribution in [3.05, 3.63) is 34.9 Å². The van der Waals surface area contributed by atoms with Gasteiger partial charge in [-0.05, 0) is 23.6 Å². The summed E-state index contributed by atoms with van der Waals surface area (Å²) in [4.78, 5) is 39.8. The topological polar surface area (TPSA) is 95.7 Å². The molecule has 0 spiro atoms. The van der Waals surface area contributed by atoms with E-state index in [-0.39, 0.29) is 30.2 Å². The van der Waals surface area contributed by atoms with Crippen LogP contribution in [0.2, 0.25) is 0 Å². The average Bonchev–Trinajstić information content (AvgIpc) is 2.82. The lowest BCUT2D eigenvalue weighted by molar-refractivity contribution is -0.136. The van der Waals surface area contributed by atoms with Crippen LogP contribution in [-0.4, -0.2) is 52.7 Å². The first-order valence-corrected chi connectivity index (χ1v) is 8.25. The van der Waals surface area contributed by atoms with E-state index in [0.29, 0.717) is 18.5 Å². The fourth-order valence-electron chi connectivity index (χ4n) is 3.72. The molecule has 3 heterocycles. The van der Waals surface area contributed by atoms with Gasteiger partial charge in [0, 0.05) is 44.2 Å². The zero-order chi connectivity index (χ0) is 16.8. The van der Waals surface area contributed by atoms with Crippen molar-refractivity contribution in [1.82, 2.24) is 15.1 Å². The Kier molecular flexibility index (Phi) is 3.62. The molecule has 7 nitrogen and oxygen atoms in total. The molecule has 0 saturated carbocycles. The number of nitrogens with one attached hydrogen (secondary N) is 1. The monoisotopic (exact) mass is 328 g/mol. The molecule has 4 rings (SSSR count). The molecule has 2 saturated heterocycles. The number of hydrogen-bond donors (Lipinski definition) is 2. The minimum absolute atomic E-state index is 0.128. The molecular formula is C17H20N4O3. The van der Waals surface area contributed by atoms with Crippen LogP contribution in [0.5, 0.6) is 0 Å². The Bertz CT molecular complexity index is 727. The summed E-state index contributed by atoms with van der Waals surface area (Å²) in [5.74, 6) is -0.769. The zero-order valence-corrected chi connectivity index (χ0v) is 13.3. The van der Waals surface area contributed by atoms with Crippen molar-refractivity contribution < 1.29 is 14.4 Å². The van der Waals surface area contributed by atoms with E-state index in [1.54, 1.807) is 4.90 Å². The number of carbonyl (C=O) groups is 3. The molecule has 3 aliphatic rings. The summed E-state index contributed by atoms with van der Waals surface area (Å²) in [6.45, 7) is 3.05. The maximum Gasteiger partial charge on any atom is 0.255 e. The SMILES string of the molecule is NC1CN(Cc2ccc3c(c2)CN(C2CCC(=O)NC2=O)C3=O)C1. The van der Waals surface area contributed by atoms with E-state index < -0.39 is 6.04 Å². The highest BCUT2D eigenvalue weighted by molar-refractivity contribution is 6.05. The molecule has 126 valence electrons. The second-order valence-corrected chi connectivity index (χ2v) is 6.85. The summed E-state index contributed by atoms with van der Waals surface area (Å²) in [6.07, 6.45) is 0.667. The summed E-state index contributed by atoms with van der Waals surface area (Å²) >= 11 is 0. The predicted molar refractivity (Wildman–Crippen MR) is 85.7 cm³/mol. The van der Waals surface area contributed by atoms with Gasteiger partial charge in [-0.25, -0.2) is 0 Å². The number of imide groups is 1. The molecule has 0 aromatic heterocycles. The Morgan fingerprint density at radius 1 is 1.21 bits per heavy atom. The highest BCUT2D eigenvalue weighted by atomic mass is 16.2. The van der Waals surface area contributed by atoms with Crippen LogP contribution < -0.4 is 11.1 Å². The molecular weight excluding hydrogens is 308 g/mol. The molecule has 1 atom stereocenters. The van der Waals surface area contributed by atoms with E-state index in [1.165, 1.54) is 0 Å². The maximum atomic E-state index is 12.6. The fourth-order valence-corrected chi connectivity index (χ4v) is 3.72. The second-order valence-electron chi connectivity index (χ2n) is 6.85. The molecule has 0 aliphatic carbocycles. The lowest BCUT2D eigenvalue weighted by Crippen LogP contribution is -2.54. The van der Waals surface area contributed by atoms with E-state index in [4.69, 9.17) is 5.73 Å². The average molecular weight is 328 g/mol. The number of rotatable bonds is 3. The molecule has 2 fully saturated rings. The number of fused-ring (bicyclic) bond motifs is 1. The molecule has 24 heavy (non-hydrogen) atoms. The third kappa shape index (κ3) is 2.59. The molecule has 7 heteroatoms. The Labute approximate surface area is 139 Å². The first-order valence-electron chi connectivity index (χ1n) is 8.25. The highest BCUT2D eigenvalue weighted by Crippen LogP contribution is 2.28. The maximum absolute atomic E-state index is 12.6. The van der Waals surface area contributed by atoms with Crippen molar-refractivity contribution in [2.75, 3.05) is 13.1 Å². The smallest absolute Gasteiger partial charge is 0.255 e. The lowest BCUT2D eigenvalue weighted by Gasteiger charge is -2.36. The quantitative estimate of drug-likeness (QED) is 0.736. The van der Waals surface area contributed by atoms with Crippen molar-refractivity contribution in [3.8, 4) is 0 Å². The van der Waals surface area contributed by atoms with Crippen molar-refractivity contribution in [2.24, 2.45) is 5.73 Å². The fraction of sp³-hybridized carbons (Fsp3) is 0.471. The van der Waals surface area contributed by atoms with Crippen LogP contribution in [0.3, 0.4) is 0 Å². The summed E-state index contributed by atoms with van der Waals surface area (Å²) in [5.41, 5.74) is 8.56. The van der Waals surface area contributed by atoms with Gasteiger partial charge in [0.15, 0.2) is 0 Å². The number of piperidine rings is 1. The molecule has 0 bridgehead atoms. The van der Waals surface area contributed by atoms with Crippen LogP contribution in [0.25, 0.3) is 0 Å². The predicted octanol–water partition coefficient (Wildman–Crippen LogP) is -0.409. The normalized spacial score (nSPS) is 24.8. The lowest BCUT2D eigenvalue weighted by atomic mass is 10.0. The molecule has 1 aromatic rings. The minimum Gasteiger partial charge on any atom is -0.325 e. The molecule has 3 aliphatic heterocycles. The van der Waals surface area contributed by atoms with Crippen molar-refractivity contribution >= 4 is 17.7 Å². The Balaban J connectivity index is 1.49. The molecule has 3 amide bonds.